The SMILES string of the molecule is C[C@@H](O[Si](C)(C)C(C)(C)C)[C@@H]1CN(NC(=O)OCC[Si](C)(C)C)C1=O. The quantitative estimate of drug-likeness (QED) is 0.531. The zero-order chi connectivity index (χ0) is 19.6. The third-order valence-electron chi connectivity index (χ3n) is 5.13. The number of hydrazine groups is 1. The molecular weight excluding hydrogens is 352 g/mol. The minimum atomic E-state index is -1.91. The Bertz CT molecular complexity index is 498. The summed E-state index contributed by atoms with van der Waals surface area (Å²) in [5.41, 5.74) is 2.52. The predicted molar refractivity (Wildman–Crippen MR) is 106 cm³/mol. The van der Waals surface area contributed by atoms with Crippen LogP contribution in [0.25, 0.3) is 0 Å². The van der Waals surface area contributed by atoms with Gasteiger partial charge in [0.2, 0.25) is 5.91 Å². The van der Waals surface area contributed by atoms with Gasteiger partial charge in [0, 0.05) is 8.07 Å². The highest BCUT2D eigenvalue weighted by molar-refractivity contribution is 6.76. The number of nitrogens with zero attached hydrogens (tertiary/aromatic N) is 1. The first-order valence-electron chi connectivity index (χ1n) is 9.07. The van der Waals surface area contributed by atoms with Crippen LogP contribution in [0.1, 0.15) is 27.7 Å². The Hall–Kier alpha value is -0.866. The summed E-state index contributed by atoms with van der Waals surface area (Å²) in [6.45, 7) is 20.4. The van der Waals surface area contributed by atoms with Crippen LogP contribution in [-0.4, -0.2) is 52.7 Å². The summed E-state index contributed by atoms with van der Waals surface area (Å²) in [6, 6.07) is 0.911. The second kappa shape index (κ2) is 7.79. The van der Waals surface area contributed by atoms with Crippen LogP contribution in [0.15, 0.2) is 0 Å². The summed E-state index contributed by atoms with van der Waals surface area (Å²) in [7, 11) is -3.15. The van der Waals surface area contributed by atoms with Gasteiger partial charge in [-0.1, -0.05) is 40.4 Å². The lowest BCUT2D eigenvalue weighted by molar-refractivity contribution is -0.157. The first-order chi connectivity index (χ1) is 11.1. The molecule has 1 N–H and O–H groups in total. The molecule has 1 heterocycles. The van der Waals surface area contributed by atoms with E-state index in [0.717, 1.165) is 6.04 Å². The van der Waals surface area contributed by atoms with Crippen LogP contribution in [-0.2, 0) is 14.0 Å². The van der Waals surface area contributed by atoms with Gasteiger partial charge in [0.15, 0.2) is 8.32 Å². The maximum Gasteiger partial charge on any atom is 0.426 e. The molecular formula is C17H36N2O4Si2. The lowest BCUT2D eigenvalue weighted by Gasteiger charge is -2.45. The zero-order valence-corrected chi connectivity index (χ0v) is 19.4. The molecule has 6 nitrogen and oxygen atoms in total. The monoisotopic (exact) mass is 388 g/mol. The number of hydrogen-bond donors (Lipinski definition) is 1. The van der Waals surface area contributed by atoms with E-state index < -0.39 is 22.5 Å². The van der Waals surface area contributed by atoms with Crippen molar-refractivity contribution in [2.24, 2.45) is 5.92 Å². The maximum atomic E-state index is 12.3. The van der Waals surface area contributed by atoms with Crippen molar-refractivity contribution in [2.75, 3.05) is 13.2 Å². The number of amides is 2. The third-order valence-corrected chi connectivity index (χ3v) is 11.4. The second-order valence-electron chi connectivity index (χ2n) is 9.70. The third kappa shape index (κ3) is 6.41. The molecule has 1 aliphatic heterocycles. The highest BCUT2D eigenvalue weighted by Crippen LogP contribution is 2.38. The van der Waals surface area contributed by atoms with Crippen molar-refractivity contribution in [3.05, 3.63) is 0 Å². The summed E-state index contributed by atoms with van der Waals surface area (Å²) >= 11 is 0. The van der Waals surface area contributed by atoms with Gasteiger partial charge in [-0.15, -0.1) is 0 Å². The Labute approximate surface area is 154 Å². The Morgan fingerprint density at radius 2 is 1.84 bits per heavy atom. The minimum absolute atomic E-state index is 0.103. The predicted octanol–water partition coefficient (Wildman–Crippen LogP) is 3.83. The standard InChI is InChI=1S/C17H36N2O4Si2/c1-13(23-25(8,9)17(2,3)4)14-12-19(15(14)20)18-16(21)22-10-11-24(5,6)7/h13-14H,10-12H2,1-9H3,(H,18,21)/t13-,14+/m1/s1. The molecule has 146 valence electrons. The molecule has 1 aliphatic rings. The summed E-state index contributed by atoms with van der Waals surface area (Å²) in [6.07, 6.45) is -0.697. The van der Waals surface area contributed by atoms with Gasteiger partial charge in [0.05, 0.1) is 25.2 Å². The number of carbonyl (C=O) groups excluding carboxylic acids is 2. The van der Waals surface area contributed by atoms with Crippen molar-refractivity contribution in [1.82, 2.24) is 10.4 Å². The Balaban J connectivity index is 2.41. The molecule has 0 saturated carbocycles. The van der Waals surface area contributed by atoms with E-state index in [4.69, 9.17) is 9.16 Å². The van der Waals surface area contributed by atoms with Crippen molar-refractivity contribution < 1.29 is 18.8 Å². The molecule has 25 heavy (non-hydrogen) atoms. The van der Waals surface area contributed by atoms with Crippen molar-refractivity contribution >= 4 is 28.4 Å². The molecule has 1 rings (SSSR count). The molecule has 0 aliphatic carbocycles. The average molecular weight is 389 g/mol. The van der Waals surface area contributed by atoms with E-state index in [1.54, 1.807) is 0 Å². The van der Waals surface area contributed by atoms with Crippen molar-refractivity contribution in [2.45, 2.75) is 77.6 Å². The van der Waals surface area contributed by atoms with Gasteiger partial charge in [-0.25, -0.2) is 10.2 Å². The van der Waals surface area contributed by atoms with Crippen LogP contribution in [0.2, 0.25) is 43.8 Å². The van der Waals surface area contributed by atoms with Crippen LogP contribution in [0.3, 0.4) is 0 Å². The number of hydrogen-bond acceptors (Lipinski definition) is 4. The molecule has 2 atom stereocenters. The fourth-order valence-corrected chi connectivity index (χ4v) is 4.38. The van der Waals surface area contributed by atoms with Crippen molar-refractivity contribution in [1.29, 1.82) is 0 Å². The Morgan fingerprint density at radius 1 is 1.28 bits per heavy atom. The Kier molecular flexibility index (Phi) is 6.91. The fraction of sp³-hybridized carbons (Fsp3) is 0.882. The van der Waals surface area contributed by atoms with Gasteiger partial charge in [-0.05, 0) is 31.1 Å². The topological polar surface area (TPSA) is 67.9 Å². The molecule has 0 spiro atoms. The number of nitrogens with one attached hydrogen (secondary N) is 1. The van der Waals surface area contributed by atoms with Gasteiger partial charge < -0.3 is 9.16 Å². The largest absolute Gasteiger partial charge is 0.449 e. The van der Waals surface area contributed by atoms with Gasteiger partial charge in [0.1, 0.15) is 0 Å². The molecule has 1 fully saturated rings. The maximum absolute atomic E-state index is 12.3. The molecule has 0 aromatic rings. The molecule has 0 bridgehead atoms. The number of β-lactam (4-membered cyclic amide) rings is 1. The van der Waals surface area contributed by atoms with E-state index in [9.17, 15) is 9.59 Å². The zero-order valence-electron chi connectivity index (χ0n) is 17.4. The molecule has 0 unspecified atom stereocenters. The van der Waals surface area contributed by atoms with Crippen molar-refractivity contribution in [3.63, 3.8) is 0 Å². The minimum Gasteiger partial charge on any atom is -0.449 e. The van der Waals surface area contributed by atoms with E-state index >= 15 is 0 Å². The van der Waals surface area contributed by atoms with E-state index in [-0.39, 0.29) is 23.0 Å². The number of rotatable bonds is 7. The van der Waals surface area contributed by atoms with Crippen molar-refractivity contribution in [3.8, 4) is 0 Å². The lowest BCUT2D eigenvalue weighted by Crippen LogP contribution is -2.64. The van der Waals surface area contributed by atoms with E-state index in [1.165, 1.54) is 5.01 Å². The summed E-state index contributed by atoms with van der Waals surface area (Å²) in [4.78, 5) is 24.1. The molecule has 0 aromatic carbocycles. The fourth-order valence-electron chi connectivity index (χ4n) is 2.22. The van der Waals surface area contributed by atoms with Crippen LogP contribution >= 0.6 is 0 Å². The average Bonchev–Trinajstić information content (AvgIpc) is 2.39. The van der Waals surface area contributed by atoms with Gasteiger partial charge in [0.25, 0.3) is 0 Å². The molecule has 0 aromatic heterocycles. The first kappa shape index (κ1) is 22.2. The number of carbonyl (C=O) groups is 2. The molecule has 0 radical (unpaired) electrons. The Morgan fingerprint density at radius 3 is 2.28 bits per heavy atom. The van der Waals surface area contributed by atoms with Gasteiger partial charge in [-0.3, -0.25) is 9.80 Å². The smallest absolute Gasteiger partial charge is 0.426 e. The molecule has 8 heteroatoms. The summed E-state index contributed by atoms with van der Waals surface area (Å²) < 4.78 is 11.4. The van der Waals surface area contributed by atoms with Crippen LogP contribution in [0, 0.1) is 5.92 Å². The van der Waals surface area contributed by atoms with Crippen LogP contribution < -0.4 is 5.43 Å². The van der Waals surface area contributed by atoms with Crippen LogP contribution in [0.5, 0.6) is 0 Å². The second-order valence-corrected chi connectivity index (χ2v) is 20.1. The highest BCUT2D eigenvalue weighted by Gasteiger charge is 2.46. The van der Waals surface area contributed by atoms with Crippen LogP contribution in [0.4, 0.5) is 4.79 Å². The summed E-state index contributed by atoms with van der Waals surface area (Å²) in [5.74, 6) is -0.301. The first-order valence-corrected chi connectivity index (χ1v) is 15.7. The normalized spacial score (nSPS) is 20.1. The van der Waals surface area contributed by atoms with E-state index in [0.29, 0.717) is 13.2 Å². The molecule has 2 amide bonds. The van der Waals surface area contributed by atoms with Gasteiger partial charge >= 0.3 is 6.09 Å². The molecule has 1 saturated heterocycles. The lowest BCUT2D eigenvalue weighted by atomic mass is 9.95. The van der Waals surface area contributed by atoms with E-state index in [1.807, 2.05) is 6.92 Å². The highest BCUT2D eigenvalue weighted by atomic mass is 28.4. The number of ether oxygens (including phenoxy) is 1. The summed E-state index contributed by atoms with van der Waals surface area (Å²) in [5, 5.41) is 1.43. The van der Waals surface area contributed by atoms with Gasteiger partial charge in [-0.2, -0.15) is 0 Å². The van der Waals surface area contributed by atoms with E-state index in [2.05, 4.69) is 58.9 Å².